The van der Waals surface area contributed by atoms with Gasteiger partial charge in [-0.05, 0) is 31.2 Å². The molecule has 19 heavy (non-hydrogen) atoms. The number of carboxylic acid groups (broad SMARTS) is 1. The van der Waals surface area contributed by atoms with Crippen LogP contribution in [-0.2, 0) is 6.54 Å². The monoisotopic (exact) mass is 256 g/mol. The molecule has 0 saturated heterocycles. The standard InChI is InChI=1S/C14H12N2O3/c1-9-13(14(17)18)6-12(19-9)8-16-11-4-2-3-10(5-11)7-15/h2-6,16H,8H2,1H3,(H,17,18). The Labute approximate surface area is 110 Å². The quantitative estimate of drug-likeness (QED) is 0.878. The summed E-state index contributed by atoms with van der Waals surface area (Å²) in [5.74, 6) is -0.0775. The Kier molecular flexibility index (Phi) is 3.53. The number of aryl methyl sites for hydroxylation is 1. The van der Waals surface area contributed by atoms with E-state index < -0.39 is 5.97 Å². The number of furan rings is 1. The number of nitrogens with one attached hydrogen (secondary N) is 1. The molecule has 0 aliphatic carbocycles. The Morgan fingerprint density at radius 2 is 2.26 bits per heavy atom. The molecule has 1 heterocycles. The SMILES string of the molecule is Cc1oc(CNc2cccc(C#N)c2)cc1C(=O)O. The number of nitriles is 1. The van der Waals surface area contributed by atoms with Gasteiger partial charge in [-0.2, -0.15) is 5.26 Å². The lowest BCUT2D eigenvalue weighted by molar-refractivity contribution is 0.0695. The molecule has 0 spiro atoms. The number of carboxylic acids is 1. The van der Waals surface area contributed by atoms with Crippen molar-refractivity contribution in [3.8, 4) is 6.07 Å². The highest BCUT2D eigenvalue weighted by Gasteiger charge is 2.13. The third-order valence-electron chi connectivity index (χ3n) is 2.66. The summed E-state index contributed by atoms with van der Waals surface area (Å²) in [4.78, 5) is 10.9. The van der Waals surface area contributed by atoms with E-state index in [1.54, 1.807) is 25.1 Å². The van der Waals surface area contributed by atoms with Crippen molar-refractivity contribution in [2.75, 3.05) is 5.32 Å². The van der Waals surface area contributed by atoms with Gasteiger partial charge in [0.05, 0.1) is 18.2 Å². The van der Waals surface area contributed by atoms with Gasteiger partial charge in [0, 0.05) is 5.69 Å². The van der Waals surface area contributed by atoms with Crippen molar-refractivity contribution in [2.45, 2.75) is 13.5 Å². The summed E-state index contributed by atoms with van der Waals surface area (Å²) in [6, 6.07) is 10.6. The fourth-order valence-corrected chi connectivity index (χ4v) is 1.73. The topological polar surface area (TPSA) is 86.3 Å². The summed E-state index contributed by atoms with van der Waals surface area (Å²) < 4.78 is 5.35. The number of benzene rings is 1. The van der Waals surface area contributed by atoms with Gasteiger partial charge in [0.1, 0.15) is 17.1 Å². The largest absolute Gasteiger partial charge is 0.478 e. The van der Waals surface area contributed by atoms with Crippen LogP contribution in [0.5, 0.6) is 0 Å². The fraction of sp³-hybridized carbons (Fsp3) is 0.143. The van der Waals surface area contributed by atoms with Crippen LogP contribution in [0.2, 0.25) is 0 Å². The first-order chi connectivity index (χ1) is 9.10. The highest BCUT2D eigenvalue weighted by Crippen LogP contribution is 2.17. The van der Waals surface area contributed by atoms with E-state index in [-0.39, 0.29) is 5.56 Å². The van der Waals surface area contributed by atoms with Crippen molar-refractivity contribution in [3.05, 3.63) is 53.0 Å². The van der Waals surface area contributed by atoms with Gasteiger partial charge in [0.15, 0.2) is 0 Å². The molecular formula is C14H12N2O3. The summed E-state index contributed by atoms with van der Waals surface area (Å²) in [6.07, 6.45) is 0. The van der Waals surface area contributed by atoms with Crippen molar-refractivity contribution in [1.82, 2.24) is 0 Å². The molecule has 2 rings (SSSR count). The van der Waals surface area contributed by atoms with Crippen molar-refractivity contribution in [3.63, 3.8) is 0 Å². The summed E-state index contributed by atoms with van der Waals surface area (Å²) in [5.41, 5.74) is 1.51. The fourth-order valence-electron chi connectivity index (χ4n) is 1.73. The number of anilines is 1. The predicted molar refractivity (Wildman–Crippen MR) is 68.9 cm³/mol. The van der Waals surface area contributed by atoms with E-state index in [9.17, 15) is 4.79 Å². The third-order valence-corrected chi connectivity index (χ3v) is 2.66. The average Bonchev–Trinajstić information content (AvgIpc) is 2.78. The number of hydrogen-bond donors (Lipinski definition) is 2. The zero-order valence-corrected chi connectivity index (χ0v) is 10.3. The van der Waals surface area contributed by atoms with E-state index in [0.29, 0.717) is 23.6 Å². The lowest BCUT2D eigenvalue weighted by Crippen LogP contribution is -1.98. The first-order valence-electron chi connectivity index (χ1n) is 5.67. The third kappa shape index (κ3) is 2.93. The first-order valence-corrected chi connectivity index (χ1v) is 5.67. The Morgan fingerprint density at radius 3 is 2.89 bits per heavy atom. The molecule has 0 amide bonds. The molecule has 5 heteroatoms. The molecule has 0 aliphatic rings. The number of aromatic carboxylic acids is 1. The molecule has 2 N–H and O–H groups in total. The number of carbonyl (C=O) groups is 1. The van der Waals surface area contributed by atoms with Gasteiger partial charge >= 0.3 is 5.97 Å². The second-order valence-corrected chi connectivity index (χ2v) is 4.03. The molecule has 2 aromatic rings. The molecule has 5 nitrogen and oxygen atoms in total. The van der Waals surface area contributed by atoms with Gasteiger partial charge in [-0.15, -0.1) is 0 Å². The zero-order chi connectivity index (χ0) is 13.8. The van der Waals surface area contributed by atoms with Crippen LogP contribution < -0.4 is 5.32 Å². The van der Waals surface area contributed by atoms with Crippen LogP contribution in [0, 0.1) is 18.3 Å². The minimum atomic E-state index is -1.00. The van der Waals surface area contributed by atoms with E-state index in [1.165, 1.54) is 6.07 Å². The Balaban J connectivity index is 2.08. The molecule has 1 aromatic heterocycles. The maximum atomic E-state index is 10.9. The maximum absolute atomic E-state index is 10.9. The highest BCUT2D eigenvalue weighted by atomic mass is 16.4. The number of rotatable bonds is 4. The normalized spacial score (nSPS) is 9.89. The summed E-state index contributed by atoms with van der Waals surface area (Å²) >= 11 is 0. The Bertz CT molecular complexity index is 653. The van der Waals surface area contributed by atoms with Crippen LogP contribution in [0.15, 0.2) is 34.7 Å². The summed E-state index contributed by atoms with van der Waals surface area (Å²) in [6.45, 7) is 1.98. The smallest absolute Gasteiger partial charge is 0.339 e. The molecule has 96 valence electrons. The molecule has 0 radical (unpaired) electrons. The van der Waals surface area contributed by atoms with Crippen molar-refractivity contribution in [1.29, 1.82) is 5.26 Å². The molecule has 1 aromatic carbocycles. The number of hydrogen-bond acceptors (Lipinski definition) is 4. The first kappa shape index (κ1) is 12.7. The molecule has 0 unspecified atom stereocenters. The second kappa shape index (κ2) is 5.27. The van der Waals surface area contributed by atoms with E-state index >= 15 is 0 Å². The van der Waals surface area contributed by atoms with Crippen LogP contribution in [0.3, 0.4) is 0 Å². The molecule has 0 aliphatic heterocycles. The van der Waals surface area contributed by atoms with Gasteiger partial charge in [-0.3, -0.25) is 0 Å². The van der Waals surface area contributed by atoms with Crippen LogP contribution in [0.25, 0.3) is 0 Å². The molecule has 0 saturated carbocycles. The van der Waals surface area contributed by atoms with E-state index in [1.807, 2.05) is 6.07 Å². The van der Waals surface area contributed by atoms with E-state index in [2.05, 4.69) is 11.4 Å². The highest BCUT2D eigenvalue weighted by molar-refractivity contribution is 5.88. The molecule has 0 bridgehead atoms. The zero-order valence-electron chi connectivity index (χ0n) is 10.3. The predicted octanol–water partition coefficient (Wildman–Crippen LogP) is 2.77. The summed E-state index contributed by atoms with van der Waals surface area (Å²) in [5, 5.41) is 20.8. The average molecular weight is 256 g/mol. The van der Waals surface area contributed by atoms with Gasteiger partial charge in [0.2, 0.25) is 0 Å². The Morgan fingerprint density at radius 1 is 1.47 bits per heavy atom. The van der Waals surface area contributed by atoms with Crippen LogP contribution in [-0.4, -0.2) is 11.1 Å². The molecule has 0 atom stereocenters. The maximum Gasteiger partial charge on any atom is 0.339 e. The van der Waals surface area contributed by atoms with Crippen LogP contribution >= 0.6 is 0 Å². The minimum Gasteiger partial charge on any atom is -0.478 e. The van der Waals surface area contributed by atoms with Crippen LogP contribution in [0.1, 0.15) is 27.4 Å². The molecular weight excluding hydrogens is 244 g/mol. The number of nitrogens with zero attached hydrogens (tertiary/aromatic N) is 1. The lowest BCUT2D eigenvalue weighted by Gasteiger charge is -2.04. The second-order valence-electron chi connectivity index (χ2n) is 4.03. The molecule has 0 fully saturated rings. The van der Waals surface area contributed by atoms with Crippen molar-refractivity contribution < 1.29 is 14.3 Å². The summed E-state index contributed by atoms with van der Waals surface area (Å²) in [7, 11) is 0. The van der Waals surface area contributed by atoms with Crippen LogP contribution in [0.4, 0.5) is 5.69 Å². The van der Waals surface area contributed by atoms with E-state index in [0.717, 1.165) is 5.69 Å². The lowest BCUT2D eigenvalue weighted by atomic mass is 10.2. The Hall–Kier alpha value is -2.74. The van der Waals surface area contributed by atoms with E-state index in [4.69, 9.17) is 14.8 Å². The van der Waals surface area contributed by atoms with Gasteiger partial charge in [-0.1, -0.05) is 6.07 Å². The van der Waals surface area contributed by atoms with Crippen molar-refractivity contribution in [2.24, 2.45) is 0 Å². The van der Waals surface area contributed by atoms with Gasteiger partial charge in [0.25, 0.3) is 0 Å². The van der Waals surface area contributed by atoms with Gasteiger partial charge < -0.3 is 14.8 Å². The van der Waals surface area contributed by atoms with Gasteiger partial charge in [-0.25, -0.2) is 4.79 Å². The van der Waals surface area contributed by atoms with Crippen molar-refractivity contribution >= 4 is 11.7 Å². The minimum absolute atomic E-state index is 0.169.